The largest absolute Gasteiger partial charge is 0.480 e. The first kappa shape index (κ1) is 27.6. The standard InChI is InChI=1S/C17H31N5O7S/c1-4-7(2)12(21-14(25)9(18)5-11(19)24)16(27)20-10(6-30)15(26)22-13(8(3)23)17(28)29/h7-10,12-13,23,30H,4-6,18H2,1-3H3,(H2,19,24)(H,20,27)(H,21,25)(H,22,26)(H,28,29). The quantitative estimate of drug-likeness (QED) is 0.136. The first-order valence-electron chi connectivity index (χ1n) is 9.32. The number of hydrogen-bond acceptors (Lipinski definition) is 8. The third kappa shape index (κ3) is 8.97. The third-order valence-corrected chi connectivity index (χ3v) is 4.78. The molecule has 0 rings (SSSR count). The van der Waals surface area contributed by atoms with Crippen LogP contribution >= 0.6 is 12.6 Å². The second kappa shape index (κ2) is 13.0. The lowest BCUT2D eigenvalue weighted by Gasteiger charge is -2.27. The van der Waals surface area contributed by atoms with E-state index in [1.807, 2.05) is 0 Å². The first-order valence-corrected chi connectivity index (χ1v) is 9.95. The van der Waals surface area contributed by atoms with E-state index in [9.17, 15) is 29.1 Å². The van der Waals surface area contributed by atoms with E-state index < -0.39 is 66.3 Å². The molecule has 9 N–H and O–H groups in total. The van der Waals surface area contributed by atoms with Crippen LogP contribution in [0.4, 0.5) is 0 Å². The van der Waals surface area contributed by atoms with Gasteiger partial charge < -0.3 is 37.6 Å². The molecule has 6 atom stereocenters. The lowest BCUT2D eigenvalue weighted by molar-refractivity contribution is -0.145. The summed E-state index contributed by atoms with van der Waals surface area (Å²) in [6.07, 6.45) is -1.29. The third-order valence-electron chi connectivity index (χ3n) is 4.41. The molecular formula is C17H31N5O7S. The van der Waals surface area contributed by atoms with Gasteiger partial charge in [-0.15, -0.1) is 0 Å². The van der Waals surface area contributed by atoms with Gasteiger partial charge in [0.2, 0.25) is 23.6 Å². The van der Waals surface area contributed by atoms with Gasteiger partial charge in [-0.2, -0.15) is 12.6 Å². The Bertz CT molecular complexity index is 646. The normalized spacial score (nSPS) is 16.9. The summed E-state index contributed by atoms with van der Waals surface area (Å²) in [4.78, 5) is 59.3. The molecule has 0 aromatic carbocycles. The number of rotatable bonds is 13. The molecule has 0 aromatic rings. The molecule has 0 aliphatic rings. The maximum Gasteiger partial charge on any atom is 0.328 e. The monoisotopic (exact) mass is 449 g/mol. The Kier molecular flexibility index (Phi) is 12.0. The Morgan fingerprint density at radius 3 is 1.90 bits per heavy atom. The minimum Gasteiger partial charge on any atom is -0.480 e. The molecule has 30 heavy (non-hydrogen) atoms. The molecular weight excluding hydrogens is 418 g/mol. The highest BCUT2D eigenvalue weighted by Gasteiger charge is 2.33. The molecule has 4 amide bonds. The van der Waals surface area contributed by atoms with Crippen LogP contribution < -0.4 is 27.4 Å². The predicted octanol–water partition coefficient (Wildman–Crippen LogP) is -2.92. The van der Waals surface area contributed by atoms with Crippen molar-refractivity contribution in [3.05, 3.63) is 0 Å². The van der Waals surface area contributed by atoms with E-state index >= 15 is 0 Å². The van der Waals surface area contributed by atoms with Crippen molar-refractivity contribution in [3.8, 4) is 0 Å². The highest BCUT2D eigenvalue weighted by atomic mass is 32.1. The number of thiol groups is 1. The number of hydrogen-bond donors (Lipinski definition) is 8. The average Bonchev–Trinajstić information content (AvgIpc) is 2.65. The number of carbonyl (C=O) groups is 5. The van der Waals surface area contributed by atoms with Crippen molar-refractivity contribution >= 4 is 42.2 Å². The number of nitrogens with one attached hydrogen (secondary N) is 3. The molecule has 0 aromatic heterocycles. The molecule has 0 aliphatic carbocycles. The van der Waals surface area contributed by atoms with Crippen LogP contribution in [0.3, 0.4) is 0 Å². The number of carbonyl (C=O) groups excluding carboxylic acids is 4. The van der Waals surface area contributed by atoms with Gasteiger partial charge in [0.1, 0.15) is 12.1 Å². The fourth-order valence-corrected chi connectivity index (χ4v) is 2.63. The minimum absolute atomic E-state index is 0.175. The molecule has 12 nitrogen and oxygen atoms in total. The molecule has 0 heterocycles. The Labute approximate surface area is 179 Å². The van der Waals surface area contributed by atoms with Crippen molar-refractivity contribution < 1.29 is 34.2 Å². The van der Waals surface area contributed by atoms with E-state index in [0.29, 0.717) is 6.42 Å². The highest BCUT2D eigenvalue weighted by molar-refractivity contribution is 7.80. The van der Waals surface area contributed by atoms with Crippen molar-refractivity contribution in [1.29, 1.82) is 0 Å². The first-order chi connectivity index (χ1) is 13.8. The fourth-order valence-electron chi connectivity index (χ4n) is 2.37. The van der Waals surface area contributed by atoms with Crippen LogP contribution in [0.15, 0.2) is 0 Å². The lowest BCUT2D eigenvalue weighted by Crippen LogP contribution is -2.60. The van der Waals surface area contributed by atoms with Crippen LogP contribution in [0.25, 0.3) is 0 Å². The molecule has 0 fully saturated rings. The van der Waals surface area contributed by atoms with Crippen LogP contribution in [0.1, 0.15) is 33.6 Å². The van der Waals surface area contributed by atoms with E-state index in [-0.39, 0.29) is 11.7 Å². The number of carboxylic acid groups (broad SMARTS) is 1. The zero-order chi connectivity index (χ0) is 23.6. The second-order valence-corrected chi connectivity index (χ2v) is 7.32. The van der Waals surface area contributed by atoms with Gasteiger partial charge >= 0.3 is 5.97 Å². The molecule has 0 radical (unpaired) electrons. The lowest BCUT2D eigenvalue weighted by atomic mass is 9.97. The van der Waals surface area contributed by atoms with E-state index in [2.05, 4.69) is 28.6 Å². The van der Waals surface area contributed by atoms with E-state index in [1.165, 1.54) is 6.92 Å². The van der Waals surface area contributed by atoms with Gasteiger partial charge in [-0.25, -0.2) is 4.79 Å². The van der Waals surface area contributed by atoms with Crippen LogP contribution in [-0.4, -0.2) is 75.8 Å². The fraction of sp³-hybridized carbons (Fsp3) is 0.706. The van der Waals surface area contributed by atoms with Gasteiger partial charge in [-0.1, -0.05) is 20.3 Å². The zero-order valence-corrected chi connectivity index (χ0v) is 18.0. The maximum absolute atomic E-state index is 12.7. The van der Waals surface area contributed by atoms with Crippen LogP contribution in [0.5, 0.6) is 0 Å². The Balaban J connectivity index is 5.31. The number of aliphatic hydroxyl groups excluding tert-OH is 1. The van der Waals surface area contributed by atoms with Crippen molar-refractivity contribution in [2.75, 3.05) is 5.75 Å². The van der Waals surface area contributed by atoms with E-state index in [4.69, 9.17) is 16.6 Å². The number of amides is 4. The molecule has 172 valence electrons. The molecule has 13 heteroatoms. The van der Waals surface area contributed by atoms with Gasteiger partial charge in [0, 0.05) is 5.75 Å². The Morgan fingerprint density at radius 2 is 1.50 bits per heavy atom. The summed E-state index contributed by atoms with van der Waals surface area (Å²) in [6.45, 7) is 4.66. The zero-order valence-electron chi connectivity index (χ0n) is 17.1. The number of aliphatic hydroxyl groups is 1. The maximum atomic E-state index is 12.7. The number of carboxylic acids is 1. The summed E-state index contributed by atoms with van der Waals surface area (Å²) < 4.78 is 0. The van der Waals surface area contributed by atoms with Gasteiger partial charge in [-0.05, 0) is 12.8 Å². The summed E-state index contributed by atoms with van der Waals surface area (Å²) in [5, 5.41) is 25.5. The number of primary amides is 1. The minimum atomic E-state index is -1.58. The summed E-state index contributed by atoms with van der Waals surface area (Å²) in [5.41, 5.74) is 10.6. The molecule has 0 bridgehead atoms. The van der Waals surface area contributed by atoms with Crippen molar-refractivity contribution in [1.82, 2.24) is 16.0 Å². The molecule has 6 unspecified atom stereocenters. The SMILES string of the molecule is CCC(C)C(NC(=O)C(N)CC(N)=O)C(=O)NC(CS)C(=O)NC(C(=O)O)C(C)O. The predicted molar refractivity (Wildman–Crippen MR) is 110 cm³/mol. The van der Waals surface area contributed by atoms with Crippen molar-refractivity contribution in [2.24, 2.45) is 17.4 Å². The van der Waals surface area contributed by atoms with Crippen molar-refractivity contribution in [3.63, 3.8) is 0 Å². The summed E-state index contributed by atoms with van der Waals surface area (Å²) in [7, 11) is 0. The van der Waals surface area contributed by atoms with Crippen LogP contribution in [-0.2, 0) is 24.0 Å². The number of nitrogens with two attached hydrogens (primary N) is 2. The van der Waals surface area contributed by atoms with Crippen LogP contribution in [0.2, 0.25) is 0 Å². The molecule has 0 saturated heterocycles. The average molecular weight is 450 g/mol. The topological polar surface area (TPSA) is 214 Å². The summed E-state index contributed by atoms with van der Waals surface area (Å²) >= 11 is 3.99. The summed E-state index contributed by atoms with van der Waals surface area (Å²) in [6, 6.07) is -5.13. The van der Waals surface area contributed by atoms with Gasteiger partial charge in [0.05, 0.1) is 18.6 Å². The Hall–Kier alpha value is -2.38. The molecule has 0 aliphatic heterocycles. The Morgan fingerprint density at radius 1 is 0.967 bits per heavy atom. The summed E-state index contributed by atoms with van der Waals surface area (Å²) in [5.74, 6) is -5.11. The second-order valence-electron chi connectivity index (χ2n) is 6.96. The van der Waals surface area contributed by atoms with Crippen molar-refractivity contribution in [2.45, 2.75) is 63.9 Å². The van der Waals surface area contributed by atoms with E-state index in [1.54, 1.807) is 13.8 Å². The molecule has 0 spiro atoms. The number of aliphatic carboxylic acids is 1. The van der Waals surface area contributed by atoms with Gasteiger partial charge in [-0.3, -0.25) is 19.2 Å². The van der Waals surface area contributed by atoms with E-state index in [0.717, 1.165) is 0 Å². The highest BCUT2D eigenvalue weighted by Crippen LogP contribution is 2.09. The van der Waals surface area contributed by atoms with Crippen LogP contribution in [0, 0.1) is 5.92 Å². The smallest absolute Gasteiger partial charge is 0.328 e. The molecule has 0 saturated carbocycles. The van der Waals surface area contributed by atoms with Gasteiger partial charge in [0.25, 0.3) is 0 Å². The van der Waals surface area contributed by atoms with Gasteiger partial charge in [0.15, 0.2) is 6.04 Å².